The third-order valence-electron chi connectivity index (χ3n) is 2.90. The number of nitrogens with one attached hydrogen (secondary N) is 2. The van der Waals surface area contributed by atoms with Crippen LogP contribution in [0.2, 0.25) is 0 Å². The van der Waals surface area contributed by atoms with Gasteiger partial charge in [0.15, 0.2) is 0 Å². The SMILES string of the molecule is CNC(=O)C1CCCCN1C(=O)NC(=O)C(C)Cl. The lowest BCUT2D eigenvalue weighted by molar-refractivity contribution is -0.126. The van der Waals surface area contributed by atoms with E-state index in [0.29, 0.717) is 13.0 Å². The second-order valence-electron chi connectivity index (χ2n) is 4.23. The first-order valence-electron chi connectivity index (χ1n) is 5.94. The quantitative estimate of drug-likeness (QED) is 0.718. The number of halogens is 1. The molecule has 0 saturated carbocycles. The molecule has 18 heavy (non-hydrogen) atoms. The number of rotatable bonds is 2. The van der Waals surface area contributed by atoms with Crippen molar-refractivity contribution in [1.29, 1.82) is 0 Å². The van der Waals surface area contributed by atoms with Gasteiger partial charge in [0.25, 0.3) is 0 Å². The minimum atomic E-state index is -0.780. The Balaban J connectivity index is 2.68. The van der Waals surface area contributed by atoms with Crippen LogP contribution in [-0.2, 0) is 9.59 Å². The van der Waals surface area contributed by atoms with E-state index in [9.17, 15) is 14.4 Å². The van der Waals surface area contributed by atoms with Crippen molar-refractivity contribution in [2.75, 3.05) is 13.6 Å². The van der Waals surface area contributed by atoms with Crippen molar-refractivity contribution in [2.24, 2.45) is 0 Å². The van der Waals surface area contributed by atoms with Gasteiger partial charge in [-0.15, -0.1) is 11.6 Å². The number of likely N-dealkylation sites (tertiary alicyclic amines) is 1. The second-order valence-corrected chi connectivity index (χ2v) is 4.88. The van der Waals surface area contributed by atoms with Crippen molar-refractivity contribution in [1.82, 2.24) is 15.5 Å². The van der Waals surface area contributed by atoms with Crippen molar-refractivity contribution in [3.8, 4) is 0 Å². The second kappa shape index (κ2) is 6.58. The highest BCUT2D eigenvalue weighted by molar-refractivity contribution is 6.31. The fourth-order valence-corrected chi connectivity index (χ4v) is 1.95. The van der Waals surface area contributed by atoms with Crippen LogP contribution in [0, 0.1) is 0 Å². The maximum absolute atomic E-state index is 11.9. The number of urea groups is 1. The maximum atomic E-state index is 11.9. The average Bonchev–Trinajstić information content (AvgIpc) is 2.37. The monoisotopic (exact) mass is 275 g/mol. The van der Waals surface area contributed by atoms with Crippen LogP contribution >= 0.6 is 11.6 Å². The summed E-state index contributed by atoms with van der Waals surface area (Å²) in [6.45, 7) is 1.95. The first kappa shape index (κ1) is 14.8. The Morgan fingerprint density at radius 2 is 2.00 bits per heavy atom. The van der Waals surface area contributed by atoms with Gasteiger partial charge < -0.3 is 10.2 Å². The van der Waals surface area contributed by atoms with E-state index in [-0.39, 0.29) is 5.91 Å². The molecule has 0 bridgehead atoms. The Morgan fingerprint density at radius 3 is 2.56 bits per heavy atom. The summed E-state index contributed by atoms with van der Waals surface area (Å²) in [5.74, 6) is -0.765. The van der Waals surface area contributed by atoms with E-state index in [4.69, 9.17) is 11.6 Å². The molecule has 0 aromatic heterocycles. The molecule has 1 heterocycles. The van der Waals surface area contributed by atoms with Crippen LogP contribution < -0.4 is 10.6 Å². The molecule has 102 valence electrons. The fourth-order valence-electron chi connectivity index (χ4n) is 1.89. The molecule has 1 saturated heterocycles. The highest BCUT2D eigenvalue weighted by atomic mass is 35.5. The number of likely N-dealkylation sites (N-methyl/N-ethyl adjacent to an activating group) is 1. The van der Waals surface area contributed by atoms with E-state index in [2.05, 4.69) is 10.6 Å². The standard InChI is InChI=1S/C11H18ClN3O3/c1-7(12)9(16)14-11(18)15-6-4-3-5-8(15)10(17)13-2/h7-8H,3-6H2,1-2H3,(H,13,17)(H,14,16,18). The molecule has 2 N–H and O–H groups in total. The summed E-state index contributed by atoms with van der Waals surface area (Å²) in [5.41, 5.74) is 0. The lowest BCUT2D eigenvalue weighted by Gasteiger charge is -2.34. The van der Waals surface area contributed by atoms with E-state index < -0.39 is 23.4 Å². The summed E-state index contributed by atoms with van der Waals surface area (Å²) in [6.07, 6.45) is 2.32. The number of carbonyl (C=O) groups is 3. The molecule has 4 amide bonds. The lowest BCUT2D eigenvalue weighted by Crippen LogP contribution is -2.55. The number of piperidine rings is 1. The Kier molecular flexibility index (Phi) is 5.40. The molecule has 0 spiro atoms. The zero-order chi connectivity index (χ0) is 13.7. The van der Waals surface area contributed by atoms with E-state index >= 15 is 0 Å². The van der Waals surface area contributed by atoms with E-state index in [1.54, 1.807) is 0 Å². The van der Waals surface area contributed by atoms with Gasteiger partial charge in [-0.1, -0.05) is 0 Å². The predicted molar refractivity (Wildman–Crippen MR) is 67.3 cm³/mol. The average molecular weight is 276 g/mol. The molecule has 1 rings (SSSR count). The van der Waals surface area contributed by atoms with Crippen molar-refractivity contribution in [2.45, 2.75) is 37.6 Å². The molecule has 1 fully saturated rings. The molecule has 1 aliphatic heterocycles. The molecular formula is C11H18ClN3O3. The van der Waals surface area contributed by atoms with Crippen LogP contribution in [0.1, 0.15) is 26.2 Å². The molecule has 0 aliphatic carbocycles. The van der Waals surface area contributed by atoms with E-state index in [1.165, 1.54) is 18.9 Å². The van der Waals surface area contributed by atoms with Gasteiger partial charge >= 0.3 is 6.03 Å². The Hall–Kier alpha value is -1.30. The Bertz CT molecular complexity index is 346. The van der Waals surface area contributed by atoms with Crippen LogP contribution in [0.15, 0.2) is 0 Å². The van der Waals surface area contributed by atoms with Crippen molar-refractivity contribution < 1.29 is 14.4 Å². The number of imide groups is 1. The number of alkyl halides is 1. The first-order chi connectivity index (χ1) is 8.47. The number of hydrogen-bond acceptors (Lipinski definition) is 3. The van der Waals surface area contributed by atoms with Crippen LogP contribution in [0.4, 0.5) is 4.79 Å². The Morgan fingerprint density at radius 1 is 1.33 bits per heavy atom. The molecular weight excluding hydrogens is 258 g/mol. The maximum Gasteiger partial charge on any atom is 0.324 e. The van der Waals surface area contributed by atoms with Gasteiger partial charge in [0.1, 0.15) is 11.4 Å². The normalized spacial score (nSPS) is 21.1. The molecule has 1 aliphatic rings. The summed E-state index contributed by atoms with van der Waals surface area (Å²) in [4.78, 5) is 36.3. The third kappa shape index (κ3) is 3.60. The molecule has 2 atom stereocenters. The molecule has 0 aromatic rings. The van der Waals surface area contributed by atoms with Crippen molar-refractivity contribution in [3.63, 3.8) is 0 Å². The zero-order valence-corrected chi connectivity index (χ0v) is 11.3. The van der Waals surface area contributed by atoms with Gasteiger partial charge in [0.05, 0.1) is 0 Å². The zero-order valence-electron chi connectivity index (χ0n) is 10.5. The number of hydrogen-bond donors (Lipinski definition) is 2. The van der Waals surface area contributed by atoms with Gasteiger partial charge in [-0.05, 0) is 26.2 Å². The van der Waals surface area contributed by atoms with E-state index in [1.807, 2.05) is 0 Å². The van der Waals surface area contributed by atoms with Gasteiger partial charge in [-0.25, -0.2) is 4.79 Å². The molecule has 2 unspecified atom stereocenters. The highest BCUT2D eigenvalue weighted by Gasteiger charge is 2.32. The fraction of sp³-hybridized carbons (Fsp3) is 0.727. The molecule has 0 radical (unpaired) electrons. The van der Waals surface area contributed by atoms with Crippen LogP contribution in [0.5, 0.6) is 0 Å². The summed E-state index contributed by atoms with van der Waals surface area (Å²) < 4.78 is 0. The Labute approximate surface area is 111 Å². The number of nitrogens with zero attached hydrogens (tertiary/aromatic N) is 1. The molecule has 6 nitrogen and oxygen atoms in total. The summed E-state index contributed by atoms with van der Waals surface area (Å²) in [5, 5.41) is 3.94. The summed E-state index contributed by atoms with van der Waals surface area (Å²) in [7, 11) is 1.53. The smallest absolute Gasteiger partial charge is 0.324 e. The van der Waals surface area contributed by atoms with Crippen molar-refractivity contribution >= 4 is 29.4 Å². The van der Waals surface area contributed by atoms with Crippen LogP contribution in [0.25, 0.3) is 0 Å². The van der Waals surface area contributed by atoms with E-state index in [0.717, 1.165) is 12.8 Å². The van der Waals surface area contributed by atoms with Crippen LogP contribution in [-0.4, -0.2) is 47.8 Å². The molecule has 0 aromatic carbocycles. The van der Waals surface area contributed by atoms with Crippen molar-refractivity contribution in [3.05, 3.63) is 0 Å². The minimum Gasteiger partial charge on any atom is -0.357 e. The summed E-state index contributed by atoms with van der Waals surface area (Å²) >= 11 is 5.58. The lowest BCUT2D eigenvalue weighted by atomic mass is 10.0. The molecule has 7 heteroatoms. The van der Waals surface area contributed by atoms with Crippen LogP contribution in [0.3, 0.4) is 0 Å². The third-order valence-corrected chi connectivity index (χ3v) is 3.10. The summed E-state index contributed by atoms with van der Waals surface area (Å²) in [6, 6.07) is -1.07. The van der Waals surface area contributed by atoms with Gasteiger partial charge in [0, 0.05) is 13.6 Å². The van der Waals surface area contributed by atoms with Gasteiger partial charge in [0.2, 0.25) is 11.8 Å². The highest BCUT2D eigenvalue weighted by Crippen LogP contribution is 2.17. The minimum absolute atomic E-state index is 0.212. The predicted octanol–water partition coefficient (Wildman–Crippen LogP) is 0.450. The topological polar surface area (TPSA) is 78.5 Å². The number of carbonyl (C=O) groups excluding carboxylic acids is 3. The first-order valence-corrected chi connectivity index (χ1v) is 6.38. The largest absolute Gasteiger partial charge is 0.357 e. The van der Waals surface area contributed by atoms with Gasteiger partial charge in [-0.2, -0.15) is 0 Å². The number of amides is 4. The van der Waals surface area contributed by atoms with Gasteiger partial charge in [-0.3, -0.25) is 14.9 Å².